The Morgan fingerprint density at radius 2 is 1.93 bits per heavy atom. The Morgan fingerprint density at radius 3 is 2.70 bits per heavy atom. The van der Waals surface area contributed by atoms with Crippen LogP contribution in [0.25, 0.3) is 10.9 Å². The topological polar surface area (TPSA) is 101 Å². The molecule has 2 N–H and O–H groups in total. The Morgan fingerprint density at radius 1 is 1.10 bits per heavy atom. The molecule has 0 aliphatic heterocycles. The lowest BCUT2D eigenvalue weighted by Gasteiger charge is -2.22. The van der Waals surface area contributed by atoms with Crippen molar-refractivity contribution >= 4 is 34.0 Å². The van der Waals surface area contributed by atoms with Crippen LogP contribution in [0.1, 0.15) is 22.7 Å². The zero-order valence-electron chi connectivity index (χ0n) is 15.9. The molecule has 4 aromatic rings. The van der Waals surface area contributed by atoms with Crippen LogP contribution in [0.3, 0.4) is 0 Å². The lowest BCUT2D eigenvalue weighted by atomic mass is 9.95. The number of benzene rings is 2. The lowest BCUT2D eigenvalue weighted by Crippen LogP contribution is -2.14. The first-order chi connectivity index (χ1) is 14.4. The van der Waals surface area contributed by atoms with E-state index in [1.807, 2.05) is 31.2 Å². The summed E-state index contributed by atoms with van der Waals surface area (Å²) in [4.78, 5) is 19.5. The van der Waals surface area contributed by atoms with Gasteiger partial charge in [-0.3, -0.25) is 15.1 Å². The van der Waals surface area contributed by atoms with Crippen LogP contribution in [0.4, 0.5) is 11.5 Å². The van der Waals surface area contributed by atoms with Crippen molar-refractivity contribution in [2.45, 2.75) is 13.0 Å². The van der Waals surface area contributed by atoms with Gasteiger partial charge in [0.1, 0.15) is 22.1 Å². The fraction of sp³-hybridized carbons (Fsp3) is 0.0909. The van der Waals surface area contributed by atoms with Gasteiger partial charge in [-0.05, 0) is 42.3 Å². The molecule has 0 radical (unpaired) electrons. The molecule has 150 valence electrons. The van der Waals surface area contributed by atoms with Gasteiger partial charge in [-0.2, -0.15) is 0 Å². The molecule has 0 bridgehead atoms. The maximum Gasteiger partial charge on any atom is 0.288 e. The van der Waals surface area contributed by atoms with Crippen LogP contribution in [0.2, 0.25) is 5.02 Å². The Hall–Kier alpha value is -3.71. The average molecular weight is 421 g/mol. The third-order valence-electron chi connectivity index (χ3n) is 4.80. The second-order valence-electron chi connectivity index (χ2n) is 6.84. The molecule has 7 nitrogen and oxygen atoms in total. The molecule has 2 aromatic carbocycles. The summed E-state index contributed by atoms with van der Waals surface area (Å²) in [6.07, 6.45) is 3.27. The van der Waals surface area contributed by atoms with Gasteiger partial charge in [-0.1, -0.05) is 35.9 Å². The fourth-order valence-electron chi connectivity index (χ4n) is 3.33. The number of halogens is 1. The second-order valence-corrected chi connectivity index (χ2v) is 7.25. The number of hydrogen-bond acceptors (Lipinski definition) is 6. The third-order valence-corrected chi connectivity index (χ3v) is 5.12. The smallest absolute Gasteiger partial charge is 0.288 e. The Balaban J connectivity index is 1.89. The van der Waals surface area contributed by atoms with Gasteiger partial charge in [0.25, 0.3) is 5.69 Å². The number of aromatic hydroxyl groups is 1. The quantitative estimate of drug-likeness (QED) is 0.331. The number of phenols is 1. The van der Waals surface area contributed by atoms with Crippen molar-refractivity contribution in [1.82, 2.24) is 9.97 Å². The molecule has 0 aliphatic carbocycles. The first-order valence-corrected chi connectivity index (χ1v) is 9.51. The molecule has 1 atom stereocenters. The molecule has 0 unspecified atom stereocenters. The standard InChI is InChI=1S/C22H17ClN4O3/c1-13-8-10-24-19(11-13)26-20(15-5-7-17(23)18(12-15)27(29)30)16-6-4-14-3-2-9-25-21(14)22(16)28/h2-12,20,28H,1H3,(H,24,26)/t20-/m0/s1. The molecule has 4 rings (SSSR count). The number of aryl methyl sites for hydroxylation is 1. The fourth-order valence-corrected chi connectivity index (χ4v) is 3.52. The van der Waals surface area contributed by atoms with Crippen LogP contribution in [0.15, 0.2) is 67.0 Å². The van der Waals surface area contributed by atoms with E-state index in [2.05, 4.69) is 15.3 Å². The summed E-state index contributed by atoms with van der Waals surface area (Å²) in [6, 6.07) is 14.9. The summed E-state index contributed by atoms with van der Waals surface area (Å²) in [7, 11) is 0. The minimum atomic E-state index is -0.623. The number of nitrogens with one attached hydrogen (secondary N) is 1. The van der Waals surface area contributed by atoms with Gasteiger partial charge in [0.2, 0.25) is 0 Å². The van der Waals surface area contributed by atoms with E-state index in [4.69, 9.17) is 11.6 Å². The lowest BCUT2D eigenvalue weighted by molar-refractivity contribution is -0.384. The van der Waals surface area contributed by atoms with Gasteiger partial charge in [0.15, 0.2) is 0 Å². The van der Waals surface area contributed by atoms with Gasteiger partial charge in [0.05, 0.1) is 11.0 Å². The molecule has 30 heavy (non-hydrogen) atoms. The molecule has 0 saturated heterocycles. The molecule has 2 heterocycles. The van der Waals surface area contributed by atoms with Crippen LogP contribution in [0, 0.1) is 17.0 Å². The number of aromatic nitrogens is 2. The normalized spacial score (nSPS) is 11.9. The monoisotopic (exact) mass is 420 g/mol. The molecule has 0 aliphatic rings. The van der Waals surface area contributed by atoms with E-state index in [9.17, 15) is 15.2 Å². The van der Waals surface area contributed by atoms with Gasteiger partial charge in [0, 0.05) is 29.4 Å². The van der Waals surface area contributed by atoms with Gasteiger partial charge >= 0.3 is 0 Å². The number of pyridine rings is 2. The number of hydrogen-bond donors (Lipinski definition) is 2. The molecule has 0 saturated carbocycles. The van der Waals surface area contributed by atoms with E-state index in [0.29, 0.717) is 22.5 Å². The van der Waals surface area contributed by atoms with Crippen LogP contribution < -0.4 is 5.32 Å². The Kier molecular flexibility index (Phi) is 5.20. The van der Waals surface area contributed by atoms with E-state index >= 15 is 0 Å². The van der Waals surface area contributed by atoms with Crippen molar-refractivity contribution in [1.29, 1.82) is 0 Å². The number of rotatable bonds is 5. The summed E-state index contributed by atoms with van der Waals surface area (Å²) in [5.74, 6) is 0.564. The number of phenolic OH excluding ortho intramolecular Hbond substituents is 1. The van der Waals surface area contributed by atoms with Crippen molar-refractivity contribution in [3.05, 3.63) is 98.8 Å². The molecular formula is C22H17ClN4O3. The van der Waals surface area contributed by atoms with Crippen molar-refractivity contribution in [3.8, 4) is 5.75 Å². The van der Waals surface area contributed by atoms with Crippen LogP contribution in [0.5, 0.6) is 5.75 Å². The molecule has 0 fully saturated rings. The highest BCUT2D eigenvalue weighted by Gasteiger charge is 2.23. The molecule has 8 heteroatoms. The zero-order valence-corrected chi connectivity index (χ0v) is 16.7. The third kappa shape index (κ3) is 3.75. The largest absolute Gasteiger partial charge is 0.505 e. The minimum Gasteiger partial charge on any atom is -0.505 e. The summed E-state index contributed by atoms with van der Waals surface area (Å²) in [5, 5.41) is 26.5. The van der Waals surface area contributed by atoms with E-state index in [0.717, 1.165) is 10.9 Å². The van der Waals surface area contributed by atoms with E-state index < -0.39 is 11.0 Å². The maximum absolute atomic E-state index is 11.4. The Bertz CT molecular complexity index is 1260. The number of nitro groups is 1. The average Bonchev–Trinajstić information content (AvgIpc) is 2.73. The van der Waals surface area contributed by atoms with Crippen LogP contribution in [-0.4, -0.2) is 20.0 Å². The molecule has 2 aromatic heterocycles. The van der Waals surface area contributed by atoms with Gasteiger partial charge in [-0.15, -0.1) is 0 Å². The molecule has 0 spiro atoms. The van der Waals surface area contributed by atoms with Crippen molar-refractivity contribution in [3.63, 3.8) is 0 Å². The van der Waals surface area contributed by atoms with E-state index in [-0.39, 0.29) is 16.5 Å². The predicted molar refractivity (Wildman–Crippen MR) is 116 cm³/mol. The highest BCUT2D eigenvalue weighted by Crippen LogP contribution is 2.38. The SMILES string of the molecule is Cc1ccnc(N[C@@H](c2ccc(Cl)c([N+](=O)[O-])c2)c2ccc3cccnc3c2O)c1. The summed E-state index contributed by atoms with van der Waals surface area (Å²) in [6.45, 7) is 1.94. The summed E-state index contributed by atoms with van der Waals surface area (Å²) < 4.78 is 0. The number of anilines is 1. The van der Waals surface area contributed by atoms with Gasteiger partial charge < -0.3 is 10.4 Å². The van der Waals surface area contributed by atoms with Crippen molar-refractivity contribution in [2.24, 2.45) is 0 Å². The second kappa shape index (κ2) is 7.96. The van der Waals surface area contributed by atoms with Gasteiger partial charge in [-0.25, -0.2) is 4.98 Å². The highest BCUT2D eigenvalue weighted by atomic mass is 35.5. The van der Waals surface area contributed by atoms with Crippen molar-refractivity contribution in [2.75, 3.05) is 5.32 Å². The predicted octanol–water partition coefficient (Wildman–Crippen LogP) is 5.41. The number of nitro benzene ring substituents is 1. The molecule has 0 amide bonds. The maximum atomic E-state index is 11.4. The minimum absolute atomic E-state index is 0.00384. The van der Waals surface area contributed by atoms with E-state index in [1.165, 1.54) is 12.1 Å². The first kappa shape index (κ1) is 19.6. The van der Waals surface area contributed by atoms with Crippen LogP contribution >= 0.6 is 11.6 Å². The number of fused-ring (bicyclic) bond motifs is 1. The summed E-state index contributed by atoms with van der Waals surface area (Å²) >= 11 is 6.00. The first-order valence-electron chi connectivity index (χ1n) is 9.13. The highest BCUT2D eigenvalue weighted by molar-refractivity contribution is 6.32. The number of nitrogens with zero attached hydrogens (tertiary/aromatic N) is 3. The molecular weight excluding hydrogens is 404 g/mol. The zero-order chi connectivity index (χ0) is 21.3. The van der Waals surface area contributed by atoms with E-state index in [1.54, 1.807) is 30.6 Å². The Labute approximate surface area is 177 Å². The summed E-state index contributed by atoms with van der Waals surface area (Å²) in [5.41, 5.74) is 2.30. The van der Waals surface area contributed by atoms with Crippen LogP contribution in [-0.2, 0) is 0 Å². The van der Waals surface area contributed by atoms with Crippen molar-refractivity contribution < 1.29 is 10.0 Å².